The molecule has 0 radical (unpaired) electrons. The fourth-order valence-electron chi connectivity index (χ4n) is 2.91. The maximum atomic E-state index is 12.4. The number of aromatic nitrogens is 3. The number of benzene rings is 2. The molecule has 0 saturated carbocycles. The SMILES string of the molecule is COc1ccc(Cc2nn3c(-c4ccc(OCC(N)=O)cc4)csc3nc2=O)cc1. The van der Waals surface area contributed by atoms with Gasteiger partial charge in [0.25, 0.3) is 11.5 Å². The van der Waals surface area contributed by atoms with Crippen molar-refractivity contribution in [3.05, 3.63) is 75.5 Å². The van der Waals surface area contributed by atoms with E-state index in [0.717, 1.165) is 22.6 Å². The highest BCUT2D eigenvalue weighted by molar-refractivity contribution is 7.15. The Morgan fingerprint density at radius 1 is 1.10 bits per heavy atom. The molecule has 9 heteroatoms. The average molecular weight is 422 g/mol. The highest BCUT2D eigenvalue weighted by Gasteiger charge is 2.13. The van der Waals surface area contributed by atoms with E-state index in [2.05, 4.69) is 10.1 Å². The van der Waals surface area contributed by atoms with E-state index < -0.39 is 5.91 Å². The zero-order chi connectivity index (χ0) is 21.1. The quantitative estimate of drug-likeness (QED) is 0.489. The fourth-order valence-corrected chi connectivity index (χ4v) is 3.74. The van der Waals surface area contributed by atoms with Crippen molar-refractivity contribution >= 4 is 22.2 Å². The minimum absolute atomic E-state index is 0.179. The number of nitrogens with zero attached hydrogens (tertiary/aromatic N) is 3. The molecule has 4 aromatic rings. The first-order valence-corrected chi connectivity index (χ1v) is 9.93. The second-order valence-electron chi connectivity index (χ2n) is 6.48. The highest BCUT2D eigenvalue weighted by Crippen LogP contribution is 2.26. The van der Waals surface area contributed by atoms with Gasteiger partial charge in [0.1, 0.15) is 17.2 Å². The van der Waals surface area contributed by atoms with Crippen LogP contribution in [0.3, 0.4) is 0 Å². The van der Waals surface area contributed by atoms with Crippen LogP contribution < -0.4 is 20.8 Å². The number of carbonyl (C=O) groups excluding carboxylic acids is 1. The topological polar surface area (TPSA) is 109 Å². The molecule has 152 valence electrons. The van der Waals surface area contributed by atoms with Crippen molar-refractivity contribution in [1.29, 1.82) is 0 Å². The summed E-state index contributed by atoms with van der Waals surface area (Å²) in [7, 11) is 1.61. The van der Waals surface area contributed by atoms with Crippen LogP contribution in [0.2, 0.25) is 0 Å². The number of amides is 1. The molecule has 0 bridgehead atoms. The zero-order valence-corrected chi connectivity index (χ0v) is 16.9. The number of thiazole rings is 1. The van der Waals surface area contributed by atoms with E-state index in [1.165, 1.54) is 11.3 Å². The Morgan fingerprint density at radius 3 is 2.47 bits per heavy atom. The van der Waals surface area contributed by atoms with Crippen LogP contribution in [-0.2, 0) is 11.2 Å². The van der Waals surface area contributed by atoms with Gasteiger partial charge in [0.2, 0.25) is 4.96 Å². The Morgan fingerprint density at radius 2 is 1.80 bits per heavy atom. The van der Waals surface area contributed by atoms with Gasteiger partial charge in [0.05, 0.1) is 12.8 Å². The molecule has 2 aromatic heterocycles. The van der Waals surface area contributed by atoms with Gasteiger partial charge in [0, 0.05) is 17.4 Å². The third-order valence-electron chi connectivity index (χ3n) is 4.41. The van der Waals surface area contributed by atoms with E-state index in [-0.39, 0.29) is 12.2 Å². The van der Waals surface area contributed by atoms with E-state index in [1.807, 2.05) is 41.8 Å². The molecule has 2 aromatic carbocycles. The van der Waals surface area contributed by atoms with E-state index in [9.17, 15) is 9.59 Å². The van der Waals surface area contributed by atoms with Gasteiger partial charge in [-0.05, 0) is 42.0 Å². The number of nitrogens with two attached hydrogens (primary N) is 1. The molecular formula is C21H18N4O4S. The van der Waals surface area contributed by atoms with Gasteiger partial charge in [-0.2, -0.15) is 10.1 Å². The van der Waals surface area contributed by atoms with Gasteiger partial charge in [-0.25, -0.2) is 4.52 Å². The minimum atomic E-state index is -0.536. The van der Waals surface area contributed by atoms with Gasteiger partial charge in [-0.1, -0.05) is 12.1 Å². The van der Waals surface area contributed by atoms with Gasteiger partial charge >= 0.3 is 0 Å². The summed E-state index contributed by atoms with van der Waals surface area (Å²) in [5, 5.41) is 6.45. The molecule has 8 nitrogen and oxygen atoms in total. The van der Waals surface area contributed by atoms with Crippen LogP contribution in [0.5, 0.6) is 11.5 Å². The van der Waals surface area contributed by atoms with E-state index in [0.29, 0.717) is 22.8 Å². The van der Waals surface area contributed by atoms with Crippen LogP contribution in [0.4, 0.5) is 0 Å². The molecule has 0 spiro atoms. The first-order valence-electron chi connectivity index (χ1n) is 9.05. The maximum Gasteiger partial charge on any atom is 0.296 e. The van der Waals surface area contributed by atoms with Crippen LogP contribution in [0.25, 0.3) is 16.2 Å². The Labute approximate surface area is 175 Å². The number of hydrogen-bond donors (Lipinski definition) is 1. The third kappa shape index (κ3) is 4.15. The summed E-state index contributed by atoms with van der Waals surface area (Å²) in [6.07, 6.45) is 0.369. The van der Waals surface area contributed by atoms with Crippen molar-refractivity contribution in [3.63, 3.8) is 0 Å². The summed E-state index contributed by atoms with van der Waals surface area (Å²) in [6.45, 7) is -0.179. The number of hydrogen-bond acceptors (Lipinski definition) is 7. The molecule has 0 aliphatic rings. The third-order valence-corrected chi connectivity index (χ3v) is 5.23. The fraction of sp³-hybridized carbons (Fsp3) is 0.143. The van der Waals surface area contributed by atoms with Crippen molar-refractivity contribution in [2.45, 2.75) is 6.42 Å². The van der Waals surface area contributed by atoms with Gasteiger partial charge < -0.3 is 15.2 Å². The first-order chi connectivity index (χ1) is 14.5. The monoisotopic (exact) mass is 422 g/mol. The summed E-state index contributed by atoms with van der Waals surface area (Å²) in [6, 6.07) is 14.7. The van der Waals surface area contributed by atoms with Gasteiger partial charge in [0.15, 0.2) is 6.61 Å². The molecule has 2 heterocycles. The van der Waals surface area contributed by atoms with Gasteiger partial charge in [-0.15, -0.1) is 11.3 Å². The number of methoxy groups -OCH3 is 1. The smallest absolute Gasteiger partial charge is 0.296 e. The van der Waals surface area contributed by atoms with Crippen LogP contribution in [0.15, 0.2) is 58.7 Å². The molecule has 0 unspecified atom stereocenters. The Hall–Kier alpha value is -3.72. The van der Waals surface area contributed by atoms with Crippen LogP contribution in [0, 0.1) is 0 Å². The van der Waals surface area contributed by atoms with E-state index in [1.54, 1.807) is 23.8 Å². The minimum Gasteiger partial charge on any atom is -0.497 e. The maximum absolute atomic E-state index is 12.4. The summed E-state index contributed by atoms with van der Waals surface area (Å²) in [4.78, 5) is 28.0. The number of ether oxygens (including phenoxy) is 2. The van der Waals surface area contributed by atoms with Crippen molar-refractivity contribution < 1.29 is 14.3 Å². The van der Waals surface area contributed by atoms with E-state index in [4.69, 9.17) is 15.2 Å². The lowest BCUT2D eigenvalue weighted by Gasteiger charge is -2.06. The van der Waals surface area contributed by atoms with Gasteiger partial charge in [-0.3, -0.25) is 9.59 Å². The Kier molecular flexibility index (Phi) is 5.44. The summed E-state index contributed by atoms with van der Waals surface area (Å²) in [5.41, 5.74) is 7.74. The van der Waals surface area contributed by atoms with Crippen molar-refractivity contribution in [2.75, 3.05) is 13.7 Å². The first kappa shape index (κ1) is 19.6. The second kappa shape index (κ2) is 8.34. The lowest BCUT2D eigenvalue weighted by molar-refractivity contribution is -0.119. The molecule has 2 N–H and O–H groups in total. The molecule has 0 fully saturated rings. The second-order valence-corrected chi connectivity index (χ2v) is 7.32. The van der Waals surface area contributed by atoms with E-state index >= 15 is 0 Å². The van der Waals surface area contributed by atoms with Crippen molar-refractivity contribution in [2.24, 2.45) is 5.73 Å². The van der Waals surface area contributed by atoms with Crippen molar-refractivity contribution in [3.8, 4) is 22.8 Å². The lowest BCUT2D eigenvalue weighted by Crippen LogP contribution is -2.20. The molecule has 0 saturated heterocycles. The summed E-state index contributed by atoms with van der Waals surface area (Å²) >= 11 is 1.34. The normalized spacial score (nSPS) is 10.8. The zero-order valence-electron chi connectivity index (χ0n) is 16.1. The predicted molar refractivity (Wildman–Crippen MR) is 113 cm³/mol. The Balaban J connectivity index is 1.64. The summed E-state index contributed by atoms with van der Waals surface area (Å²) in [5.74, 6) is 0.752. The largest absolute Gasteiger partial charge is 0.497 e. The average Bonchev–Trinajstić information content (AvgIpc) is 3.16. The highest BCUT2D eigenvalue weighted by atomic mass is 32.1. The molecule has 4 rings (SSSR count). The molecule has 1 amide bonds. The number of carbonyl (C=O) groups is 1. The molecular weight excluding hydrogens is 404 g/mol. The Bertz CT molecular complexity index is 1250. The molecule has 30 heavy (non-hydrogen) atoms. The number of fused-ring (bicyclic) bond motifs is 1. The molecule has 0 aliphatic heterocycles. The van der Waals surface area contributed by atoms with Crippen LogP contribution >= 0.6 is 11.3 Å². The predicted octanol–water partition coefficient (Wildman–Crippen LogP) is 2.28. The van der Waals surface area contributed by atoms with Crippen molar-refractivity contribution in [1.82, 2.24) is 14.6 Å². The van der Waals surface area contributed by atoms with Crippen LogP contribution in [0.1, 0.15) is 11.3 Å². The standard InChI is InChI=1S/C21H18N4O4S/c1-28-15-6-2-13(3-7-15)10-17-20(27)23-21-25(24-17)18(12-30-21)14-4-8-16(9-5-14)29-11-19(22)26/h2-9,12H,10-11H2,1H3,(H2,22,26). The molecule has 0 atom stereocenters. The lowest BCUT2D eigenvalue weighted by atomic mass is 10.1. The number of rotatable bonds is 7. The summed E-state index contributed by atoms with van der Waals surface area (Å²) < 4.78 is 12.1. The van der Waals surface area contributed by atoms with Crippen LogP contribution in [-0.4, -0.2) is 34.2 Å². The number of primary amides is 1. The molecule has 0 aliphatic carbocycles.